The molecule has 2 rings (SSSR count). The van der Waals surface area contributed by atoms with Gasteiger partial charge in [-0.15, -0.1) is 0 Å². The summed E-state index contributed by atoms with van der Waals surface area (Å²) in [4.78, 5) is 10.9. The molecule has 68 valence electrons. The van der Waals surface area contributed by atoms with Crippen LogP contribution in [0.15, 0.2) is 29.6 Å². The van der Waals surface area contributed by atoms with Gasteiger partial charge in [-0.1, -0.05) is 0 Å². The van der Waals surface area contributed by atoms with E-state index in [1.165, 1.54) is 6.39 Å². The fraction of sp³-hybridized carbons (Fsp3) is 0.250. The molecule has 0 bridgehead atoms. The second-order valence-corrected chi connectivity index (χ2v) is 2.80. The summed E-state index contributed by atoms with van der Waals surface area (Å²) in [5.74, 6) is 0. The number of aromatic amines is 1. The average Bonchev–Trinajstić information content (AvgIpc) is 2.74. The zero-order chi connectivity index (χ0) is 9.10. The molecule has 1 unspecified atom stereocenters. The van der Waals surface area contributed by atoms with Crippen LogP contribution in [0.4, 0.5) is 0 Å². The van der Waals surface area contributed by atoms with E-state index in [4.69, 9.17) is 10.2 Å². The Morgan fingerprint density at radius 3 is 3.15 bits per heavy atom. The summed E-state index contributed by atoms with van der Waals surface area (Å²) >= 11 is 0. The molecular formula is C8H10N4O. The number of nitrogens with one attached hydrogen (secondary N) is 1. The molecule has 5 nitrogen and oxygen atoms in total. The van der Waals surface area contributed by atoms with Crippen LogP contribution in [0.25, 0.3) is 0 Å². The van der Waals surface area contributed by atoms with E-state index >= 15 is 0 Å². The Balaban J connectivity index is 2.04. The first-order valence-electron chi connectivity index (χ1n) is 3.97. The topological polar surface area (TPSA) is 80.7 Å². The van der Waals surface area contributed by atoms with Crippen LogP contribution in [0.3, 0.4) is 0 Å². The highest BCUT2D eigenvalue weighted by molar-refractivity contribution is 5.05. The van der Waals surface area contributed by atoms with Crippen LogP contribution < -0.4 is 5.73 Å². The molecule has 0 aliphatic heterocycles. The van der Waals surface area contributed by atoms with Gasteiger partial charge in [0.05, 0.1) is 18.1 Å². The Labute approximate surface area is 75.0 Å². The van der Waals surface area contributed by atoms with Crippen molar-refractivity contribution < 1.29 is 4.42 Å². The Hall–Kier alpha value is -1.62. The third kappa shape index (κ3) is 1.75. The number of hydrogen-bond acceptors (Lipinski definition) is 4. The van der Waals surface area contributed by atoms with Gasteiger partial charge in [-0.2, -0.15) is 0 Å². The number of rotatable bonds is 3. The van der Waals surface area contributed by atoms with Gasteiger partial charge in [-0.05, 0) is 0 Å². The normalized spacial score (nSPS) is 13.0. The van der Waals surface area contributed by atoms with Crippen molar-refractivity contribution in [2.45, 2.75) is 12.5 Å². The Morgan fingerprint density at radius 2 is 2.54 bits per heavy atom. The fourth-order valence-corrected chi connectivity index (χ4v) is 1.14. The Bertz CT molecular complexity index is 340. The number of hydrogen-bond donors (Lipinski definition) is 2. The van der Waals surface area contributed by atoms with Crippen molar-refractivity contribution in [2.75, 3.05) is 0 Å². The van der Waals surface area contributed by atoms with E-state index in [1.807, 2.05) is 0 Å². The van der Waals surface area contributed by atoms with Crippen LogP contribution in [0.1, 0.15) is 17.4 Å². The van der Waals surface area contributed by atoms with Crippen molar-refractivity contribution in [3.05, 3.63) is 36.6 Å². The predicted octanol–water partition coefficient (Wildman–Crippen LogP) is 0.640. The number of nitrogens with zero attached hydrogens (tertiary/aromatic N) is 2. The smallest absolute Gasteiger partial charge is 0.180 e. The second kappa shape index (κ2) is 3.40. The maximum Gasteiger partial charge on any atom is 0.180 e. The molecule has 0 radical (unpaired) electrons. The highest BCUT2D eigenvalue weighted by Crippen LogP contribution is 2.11. The minimum absolute atomic E-state index is 0.140. The Morgan fingerprint density at radius 1 is 1.62 bits per heavy atom. The molecule has 0 spiro atoms. The highest BCUT2D eigenvalue weighted by Gasteiger charge is 2.09. The lowest BCUT2D eigenvalue weighted by Crippen LogP contribution is -2.13. The molecule has 13 heavy (non-hydrogen) atoms. The molecule has 5 heteroatoms. The summed E-state index contributed by atoms with van der Waals surface area (Å²) in [6, 6.07) is -0.140. The third-order valence-corrected chi connectivity index (χ3v) is 1.83. The van der Waals surface area contributed by atoms with E-state index < -0.39 is 0 Å². The van der Waals surface area contributed by atoms with Gasteiger partial charge in [-0.3, -0.25) is 0 Å². The van der Waals surface area contributed by atoms with Crippen molar-refractivity contribution >= 4 is 0 Å². The molecule has 0 amide bonds. The highest BCUT2D eigenvalue weighted by atomic mass is 16.3. The quantitative estimate of drug-likeness (QED) is 0.722. The van der Waals surface area contributed by atoms with E-state index in [2.05, 4.69) is 15.0 Å². The number of aromatic nitrogens is 3. The van der Waals surface area contributed by atoms with Gasteiger partial charge in [0.2, 0.25) is 0 Å². The van der Waals surface area contributed by atoms with Crippen molar-refractivity contribution in [1.29, 1.82) is 0 Å². The number of H-pyrrole nitrogens is 1. The van der Waals surface area contributed by atoms with E-state index in [0.29, 0.717) is 6.42 Å². The first kappa shape index (κ1) is 8.00. The van der Waals surface area contributed by atoms with Crippen molar-refractivity contribution in [3.8, 4) is 0 Å². The zero-order valence-electron chi connectivity index (χ0n) is 6.97. The first-order valence-corrected chi connectivity index (χ1v) is 3.97. The second-order valence-electron chi connectivity index (χ2n) is 2.80. The molecule has 0 saturated carbocycles. The molecule has 2 aromatic rings. The summed E-state index contributed by atoms with van der Waals surface area (Å²) in [5, 5.41) is 0. The van der Waals surface area contributed by atoms with Gasteiger partial charge in [-0.25, -0.2) is 9.97 Å². The summed E-state index contributed by atoms with van der Waals surface area (Å²) < 4.78 is 4.84. The summed E-state index contributed by atoms with van der Waals surface area (Å²) in [6.07, 6.45) is 7.00. The number of oxazole rings is 1. The van der Waals surface area contributed by atoms with Crippen LogP contribution in [0.5, 0.6) is 0 Å². The Kier molecular flexibility index (Phi) is 2.09. The first-order chi connectivity index (χ1) is 6.36. The van der Waals surface area contributed by atoms with Crippen LogP contribution in [0.2, 0.25) is 0 Å². The molecular weight excluding hydrogens is 168 g/mol. The van der Waals surface area contributed by atoms with E-state index in [9.17, 15) is 0 Å². The van der Waals surface area contributed by atoms with E-state index in [-0.39, 0.29) is 6.04 Å². The molecule has 2 heterocycles. The average molecular weight is 178 g/mol. The molecule has 3 N–H and O–H groups in total. The van der Waals surface area contributed by atoms with Gasteiger partial charge in [0.15, 0.2) is 6.39 Å². The number of nitrogens with two attached hydrogens (primary N) is 1. The molecule has 0 saturated heterocycles. The van der Waals surface area contributed by atoms with Gasteiger partial charge < -0.3 is 15.1 Å². The molecule has 1 atom stereocenters. The zero-order valence-corrected chi connectivity index (χ0v) is 6.97. The molecule has 0 aliphatic rings. The van der Waals surface area contributed by atoms with Gasteiger partial charge in [0.1, 0.15) is 6.26 Å². The predicted molar refractivity (Wildman–Crippen MR) is 45.7 cm³/mol. The monoisotopic (exact) mass is 178 g/mol. The van der Waals surface area contributed by atoms with E-state index in [1.54, 1.807) is 18.8 Å². The lowest BCUT2D eigenvalue weighted by Gasteiger charge is -2.04. The van der Waals surface area contributed by atoms with Crippen molar-refractivity contribution in [2.24, 2.45) is 5.73 Å². The van der Waals surface area contributed by atoms with Crippen LogP contribution >= 0.6 is 0 Å². The molecule has 0 aliphatic carbocycles. The SMILES string of the molecule is NC(Cc1cnc[nH]1)c1cocn1. The summed E-state index contributed by atoms with van der Waals surface area (Å²) in [6.45, 7) is 0. The van der Waals surface area contributed by atoms with Gasteiger partial charge in [0, 0.05) is 18.3 Å². The van der Waals surface area contributed by atoms with E-state index in [0.717, 1.165) is 11.4 Å². The minimum atomic E-state index is -0.140. The van der Waals surface area contributed by atoms with Gasteiger partial charge in [0.25, 0.3) is 0 Å². The summed E-state index contributed by atoms with van der Waals surface area (Å²) in [7, 11) is 0. The molecule has 2 aromatic heterocycles. The standard InChI is InChI=1S/C8H10N4O/c9-7(8-3-13-5-12-8)1-6-2-10-4-11-6/h2-5,7H,1,9H2,(H,10,11). The van der Waals surface area contributed by atoms with Crippen LogP contribution in [-0.2, 0) is 6.42 Å². The van der Waals surface area contributed by atoms with Gasteiger partial charge >= 0.3 is 0 Å². The maximum absolute atomic E-state index is 5.86. The minimum Gasteiger partial charge on any atom is -0.451 e. The number of imidazole rings is 1. The van der Waals surface area contributed by atoms with Crippen LogP contribution in [-0.4, -0.2) is 15.0 Å². The fourth-order valence-electron chi connectivity index (χ4n) is 1.14. The lowest BCUT2D eigenvalue weighted by molar-refractivity contribution is 0.553. The van der Waals surface area contributed by atoms with Crippen molar-refractivity contribution in [3.63, 3.8) is 0 Å². The van der Waals surface area contributed by atoms with Crippen molar-refractivity contribution in [1.82, 2.24) is 15.0 Å². The maximum atomic E-state index is 5.86. The molecule has 0 aromatic carbocycles. The lowest BCUT2D eigenvalue weighted by atomic mass is 10.1. The third-order valence-electron chi connectivity index (χ3n) is 1.83. The summed E-state index contributed by atoms with van der Waals surface area (Å²) in [5.41, 5.74) is 7.62. The van der Waals surface area contributed by atoms with Crippen LogP contribution in [0, 0.1) is 0 Å². The largest absolute Gasteiger partial charge is 0.451 e. The molecule has 0 fully saturated rings.